The van der Waals surface area contributed by atoms with Crippen LogP contribution < -0.4 is 5.43 Å². The van der Waals surface area contributed by atoms with E-state index in [4.69, 9.17) is 11.6 Å². The fraction of sp³-hybridized carbons (Fsp3) is 0.545. The van der Waals surface area contributed by atoms with E-state index in [0.29, 0.717) is 23.2 Å². The molecule has 1 N–H and O–H groups in total. The molecule has 2 heterocycles. The third kappa shape index (κ3) is 1.57. The van der Waals surface area contributed by atoms with Crippen LogP contribution in [0.25, 0.3) is 0 Å². The highest BCUT2D eigenvalue weighted by Crippen LogP contribution is 2.34. The topological polar surface area (TPSA) is 27.6 Å². The van der Waals surface area contributed by atoms with E-state index in [2.05, 4.69) is 10.4 Å². The minimum absolute atomic E-state index is 0.140. The third-order valence-electron chi connectivity index (χ3n) is 3.33. The second-order valence-electron chi connectivity index (χ2n) is 4.36. The molecule has 2 aliphatic heterocycles. The maximum Gasteiger partial charge on any atom is 0.146 e. The molecule has 5 heteroatoms. The summed E-state index contributed by atoms with van der Waals surface area (Å²) in [6, 6.07) is 0. The molecule has 1 unspecified atom stereocenters. The molecule has 0 aromatic rings. The van der Waals surface area contributed by atoms with Gasteiger partial charge in [0.05, 0.1) is 5.71 Å². The van der Waals surface area contributed by atoms with Gasteiger partial charge in [-0.15, -0.1) is 0 Å². The van der Waals surface area contributed by atoms with Crippen molar-refractivity contribution in [3.8, 4) is 0 Å². The Bertz CT molecular complexity index is 398. The lowest BCUT2D eigenvalue weighted by atomic mass is 9.80. The molecular weight excluding hydrogens is 229 g/mol. The average molecular weight is 242 g/mol. The molecule has 3 rings (SSSR count). The summed E-state index contributed by atoms with van der Waals surface area (Å²) >= 11 is 6.06. The van der Waals surface area contributed by atoms with E-state index >= 15 is 0 Å². The van der Waals surface area contributed by atoms with Gasteiger partial charge in [0.1, 0.15) is 17.1 Å². The predicted molar refractivity (Wildman–Crippen MR) is 61.5 cm³/mol. The van der Waals surface area contributed by atoms with Crippen molar-refractivity contribution in [2.24, 2.45) is 10.9 Å². The largest absolute Gasteiger partial charge is 0.248 e. The number of aliphatic imine (C=N–C) groups is 1. The van der Waals surface area contributed by atoms with Gasteiger partial charge in [-0.3, -0.25) is 0 Å². The average Bonchev–Trinajstić information content (AvgIpc) is 2.63. The standard InChI is InChI=1S/C11H13ClFN3/c12-9-6-8(11(13)7-2-1-3-7)15-10-4-5-14-16(9)10/h4,6-7,11,14H,1-3,5H2. The van der Waals surface area contributed by atoms with E-state index in [1.54, 1.807) is 11.1 Å². The summed E-state index contributed by atoms with van der Waals surface area (Å²) in [4.78, 5) is 4.30. The Morgan fingerprint density at radius 3 is 3.06 bits per heavy atom. The summed E-state index contributed by atoms with van der Waals surface area (Å²) in [6.45, 7) is 0.691. The number of nitrogens with one attached hydrogen (secondary N) is 1. The van der Waals surface area contributed by atoms with E-state index < -0.39 is 6.17 Å². The van der Waals surface area contributed by atoms with E-state index in [1.165, 1.54) is 0 Å². The van der Waals surface area contributed by atoms with E-state index in [0.717, 1.165) is 19.3 Å². The van der Waals surface area contributed by atoms with Gasteiger partial charge in [-0.2, -0.15) is 0 Å². The minimum atomic E-state index is -0.967. The van der Waals surface area contributed by atoms with Crippen LogP contribution >= 0.6 is 11.6 Å². The summed E-state index contributed by atoms with van der Waals surface area (Å²) in [5.41, 5.74) is 3.51. The van der Waals surface area contributed by atoms with Gasteiger partial charge < -0.3 is 0 Å². The highest BCUT2D eigenvalue weighted by atomic mass is 35.5. The minimum Gasteiger partial charge on any atom is -0.248 e. The Kier molecular flexibility index (Phi) is 2.48. The lowest BCUT2D eigenvalue weighted by molar-refractivity contribution is 0.200. The molecule has 3 nitrogen and oxygen atoms in total. The maximum atomic E-state index is 14.1. The van der Waals surface area contributed by atoms with Crippen molar-refractivity contribution in [2.75, 3.05) is 6.54 Å². The van der Waals surface area contributed by atoms with Crippen molar-refractivity contribution in [3.63, 3.8) is 0 Å². The van der Waals surface area contributed by atoms with Gasteiger partial charge in [0, 0.05) is 6.54 Å². The smallest absolute Gasteiger partial charge is 0.146 e. The second kappa shape index (κ2) is 3.86. The molecule has 0 amide bonds. The van der Waals surface area contributed by atoms with Crippen LogP contribution in [0.15, 0.2) is 28.1 Å². The molecule has 0 saturated heterocycles. The Balaban J connectivity index is 1.84. The zero-order valence-electron chi connectivity index (χ0n) is 8.79. The fourth-order valence-electron chi connectivity index (χ4n) is 2.15. The quantitative estimate of drug-likeness (QED) is 0.752. The zero-order valence-corrected chi connectivity index (χ0v) is 9.54. The first-order valence-electron chi connectivity index (χ1n) is 5.59. The van der Waals surface area contributed by atoms with Crippen LogP contribution in [0.5, 0.6) is 0 Å². The Morgan fingerprint density at radius 1 is 1.56 bits per heavy atom. The molecule has 1 fully saturated rings. The van der Waals surface area contributed by atoms with E-state index in [-0.39, 0.29) is 5.92 Å². The summed E-state index contributed by atoms with van der Waals surface area (Å²) < 4.78 is 14.1. The Labute approximate surface area is 98.6 Å². The maximum absolute atomic E-state index is 14.1. The predicted octanol–water partition coefficient (Wildman–Crippen LogP) is 2.32. The lowest BCUT2D eigenvalue weighted by Gasteiger charge is -2.31. The third-order valence-corrected chi connectivity index (χ3v) is 3.61. The molecule has 0 aromatic carbocycles. The molecule has 0 radical (unpaired) electrons. The highest BCUT2D eigenvalue weighted by molar-refractivity contribution is 6.31. The molecule has 86 valence electrons. The molecule has 1 saturated carbocycles. The van der Waals surface area contributed by atoms with Gasteiger partial charge in [0.25, 0.3) is 0 Å². The van der Waals surface area contributed by atoms with Crippen molar-refractivity contribution in [1.29, 1.82) is 0 Å². The second-order valence-corrected chi connectivity index (χ2v) is 4.74. The monoisotopic (exact) mass is 241 g/mol. The summed E-state index contributed by atoms with van der Waals surface area (Å²) in [7, 11) is 0. The van der Waals surface area contributed by atoms with Crippen LogP contribution in [-0.4, -0.2) is 23.4 Å². The Morgan fingerprint density at radius 2 is 2.38 bits per heavy atom. The SMILES string of the molecule is FC(C1=NC2=CCNN2C(Cl)=C1)C1CCC1. The Hall–Kier alpha value is -0.870. The van der Waals surface area contributed by atoms with Gasteiger partial charge in [-0.05, 0) is 30.9 Å². The molecule has 0 aromatic heterocycles. The van der Waals surface area contributed by atoms with Gasteiger partial charge >= 0.3 is 0 Å². The van der Waals surface area contributed by atoms with Gasteiger partial charge in [0.15, 0.2) is 0 Å². The lowest BCUT2D eigenvalue weighted by Crippen LogP contribution is -2.36. The molecule has 0 spiro atoms. The molecule has 3 aliphatic rings. The fourth-order valence-corrected chi connectivity index (χ4v) is 2.41. The number of allylic oxidation sites excluding steroid dienone is 1. The van der Waals surface area contributed by atoms with Gasteiger partial charge in [0.2, 0.25) is 0 Å². The zero-order chi connectivity index (χ0) is 11.1. The van der Waals surface area contributed by atoms with Crippen LogP contribution in [0.3, 0.4) is 0 Å². The first-order valence-corrected chi connectivity index (χ1v) is 5.97. The number of hydrogen-bond acceptors (Lipinski definition) is 3. The normalized spacial score (nSPS) is 26.6. The van der Waals surface area contributed by atoms with Crippen molar-refractivity contribution in [3.05, 3.63) is 23.1 Å². The molecule has 16 heavy (non-hydrogen) atoms. The number of hydrogen-bond donors (Lipinski definition) is 1. The summed E-state index contributed by atoms with van der Waals surface area (Å²) in [5.74, 6) is 0.852. The molecule has 0 bridgehead atoms. The number of halogens is 2. The number of hydrazine groups is 1. The summed E-state index contributed by atoms with van der Waals surface area (Å²) in [6.07, 6.45) is 5.63. The molecule has 1 atom stereocenters. The number of rotatable bonds is 2. The first kappa shape index (κ1) is 10.3. The molecular formula is C11H13ClFN3. The number of fused-ring (bicyclic) bond motifs is 1. The van der Waals surface area contributed by atoms with Crippen LogP contribution in [0.1, 0.15) is 19.3 Å². The van der Waals surface area contributed by atoms with Crippen molar-refractivity contribution in [1.82, 2.24) is 10.4 Å². The van der Waals surface area contributed by atoms with Gasteiger partial charge in [-0.1, -0.05) is 18.0 Å². The van der Waals surface area contributed by atoms with Crippen LogP contribution in [0, 0.1) is 5.92 Å². The van der Waals surface area contributed by atoms with E-state index in [1.807, 2.05) is 6.08 Å². The van der Waals surface area contributed by atoms with Crippen molar-refractivity contribution < 1.29 is 4.39 Å². The van der Waals surface area contributed by atoms with E-state index in [9.17, 15) is 4.39 Å². The number of alkyl halides is 1. The van der Waals surface area contributed by atoms with Crippen LogP contribution in [0.4, 0.5) is 4.39 Å². The number of nitrogens with zero attached hydrogens (tertiary/aromatic N) is 2. The van der Waals surface area contributed by atoms with Crippen LogP contribution in [0.2, 0.25) is 0 Å². The first-order chi connectivity index (χ1) is 7.75. The van der Waals surface area contributed by atoms with Crippen molar-refractivity contribution >= 4 is 17.3 Å². The van der Waals surface area contributed by atoms with Crippen molar-refractivity contribution in [2.45, 2.75) is 25.4 Å². The summed E-state index contributed by atoms with van der Waals surface area (Å²) in [5, 5.41) is 2.18. The highest BCUT2D eigenvalue weighted by Gasteiger charge is 2.33. The molecule has 1 aliphatic carbocycles. The van der Waals surface area contributed by atoms with Gasteiger partial charge in [-0.25, -0.2) is 19.8 Å². The van der Waals surface area contributed by atoms with Crippen LogP contribution in [-0.2, 0) is 0 Å².